The number of ether oxygens (including phenoxy) is 1. The Morgan fingerprint density at radius 1 is 0.554 bits per heavy atom. The summed E-state index contributed by atoms with van der Waals surface area (Å²) in [5, 5.41) is 21.8. The van der Waals surface area contributed by atoms with Crippen LogP contribution in [-0.2, 0) is 32.7 Å². The van der Waals surface area contributed by atoms with E-state index in [9.17, 15) is 34.1 Å². The Bertz CT molecular complexity index is 1050. The van der Waals surface area contributed by atoms with E-state index in [0.29, 0.717) is 12.8 Å². The van der Waals surface area contributed by atoms with Crippen LogP contribution in [0.5, 0.6) is 0 Å². The zero-order valence-corrected chi connectivity index (χ0v) is 36.3. The second-order valence-corrected chi connectivity index (χ2v) is 16.7. The molecule has 1 amide bonds. The standard InChI is InChI=1S/C44H82NO10P/c1-3-5-7-9-11-13-15-17-19-20-21-22-24-26-28-30-32-34-36-43(48)53-37-40(46)38-54-56(51,52)55-39-41(44(49)50)45-42(47)35-33-31-29-27-25-23-18-16-14-12-10-8-6-4-2/h16,18-20,40-41,46H,3-15,17,21-39H2,1-2H3,(H,45,47)(H,49,50)(H,51,52)/b18-16-,20-19-. The number of phosphoric acid groups is 1. The van der Waals surface area contributed by atoms with Gasteiger partial charge >= 0.3 is 19.8 Å². The zero-order chi connectivity index (χ0) is 41.4. The molecule has 3 atom stereocenters. The summed E-state index contributed by atoms with van der Waals surface area (Å²) in [5.74, 6) is -2.38. The number of unbranched alkanes of at least 4 members (excludes halogenated alkanes) is 24. The predicted molar refractivity (Wildman–Crippen MR) is 226 cm³/mol. The van der Waals surface area contributed by atoms with Gasteiger partial charge < -0.3 is 25.2 Å². The first-order valence-electron chi connectivity index (χ1n) is 22.4. The zero-order valence-electron chi connectivity index (χ0n) is 35.4. The second kappa shape index (κ2) is 39.8. The Kier molecular flexibility index (Phi) is 38.3. The molecule has 56 heavy (non-hydrogen) atoms. The Balaban J connectivity index is 3.89. The van der Waals surface area contributed by atoms with Gasteiger partial charge in [0.2, 0.25) is 5.91 Å². The van der Waals surface area contributed by atoms with Gasteiger partial charge in [0.05, 0.1) is 13.2 Å². The van der Waals surface area contributed by atoms with E-state index < -0.39 is 57.6 Å². The normalized spacial score (nSPS) is 13.9. The molecule has 0 radical (unpaired) electrons. The predicted octanol–water partition coefficient (Wildman–Crippen LogP) is 11.4. The molecule has 0 fully saturated rings. The van der Waals surface area contributed by atoms with Gasteiger partial charge in [-0.25, -0.2) is 9.36 Å². The maximum atomic E-state index is 12.3. The van der Waals surface area contributed by atoms with Crippen LogP contribution in [0.2, 0.25) is 0 Å². The molecule has 0 aliphatic carbocycles. The maximum Gasteiger partial charge on any atom is 0.472 e. The van der Waals surface area contributed by atoms with Crippen molar-refractivity contribution in [1.29, 1.82) is 0 Å². The van der Waals surface area contributed by atoms with Crippen molar-refractivity contribution in [3.8, 4) is 0 Å². The van der Waals surface area contributed by atoms with Crippen LogP contribution in [0.25, 0.3) is 0 Å². The van der Waals surface area contributed by atoms with Gasteiger partial charge in [0.25, 0.3) is 0 Å². The fourth-order valence-electron chi connectivity index (χ4n) is 6.19. The highest BCUT2D eigenvalue weighted by Gasteiger charge is 2.28. The number of carbonyl (C=O) groups excluding carboxylic acids is 2. The molecular weight excluding hydrogens is 733 g/mol. The lowest BCUT2D eigenvalue weighted by Gasteiger charge is -2.18. The number of hydrogen-bond donors (Lipinski definition) is 4. The number of aliphatic hydroxyl groups is 1. The number of nitrogens with one attached hydrogen (secondary N) is 1. The molecule has 0 aromatic carbocycles. The van der Waals surface area contributed by atoms with Gasteiger partial charge in [0.15, 0.2) is 6.04 Å². The van der Waals surface area contributed by atoms with Gasteiger partial charge in [-0.1, -0.05) is 154 Å². The minimum absolute atomic E-state index is 0.137. The van der Waals surface area contributed by atoms with Crippen molar-refractivity contribution in [2.45, 2.75) is 219 Å². The molecule has 11 nitrogen and oxygen atoms in total. The molecule has 4 N–H and O–H groups in total. The van der Waals surface area contributed by atoms with Crippen LogP contribution >= 0.6 is 7.82 Å². The van der Waals surface area contributed by atoms with E-state index in [1.807, 2.05) is 0 Å². The summed E-state index contributed by atoms with van der Waals surface area (Å²) in [6.07, 6.45) is 40.6. The number of esters is 1. The molecule has 0 aliphatic heterocycles. The number of allylic oxidation sites excluding steroid dienone is 4. The molecule has 0 aliphatic rings. The summed E-state index contributed by atoms with van der Waals surface area (Å²) in [6.45, 7) is 2.58. The van der Waals surface area contributed by atoms with E-state index in [2.05, 4.69) is 43.5 Å². The molecule has 328 valence electrons. The SMILES string of the molecule is CCCCCCC/C=C\CCCCCCCC(=O)NC(COP(=O)(O)OCC(O)COC(=O)CCCCCCCCC/C=C\CCCCCCCCC)C(=O)O. The van der Waals surface area contributed by atoms with Crippen LogP contribution in [0, 0.1) is 0 Å². The van der Waals surface area contributed by atoms with Crippen molar-refractivity contribution in [2.24, 2.45) is 0 Å². The molecule has 0 saturated carbocycles. The number of carbonyl (C=O) groups is 3. The molecule has 0 aromatic rings. The Morgan fingerprint density at radius 3 is 1.36 bits per heavy atom. The summed E-state index contributed by atoms with van der Waals surface area (Å²) in [5.41, 5.74) is 0. The highest BCUT2D eigenvalue weighted by molar-refractivity contribution is 7.47. The average molecular weight is 816 g/mol. The van der Waals surface area contributed by atoms with Gasteiger partial charge in [0, 0.05) is 12.8 Å². The van der Waals surface area contributed by atoms with Crippen LogP contribution < -0.4 is 5.32 Å². The number of carboxylic acid groups (broad SMARTS) is 1. The Morgan fingerprint density at radius 2 is 0.929 bits per heavy atom. The van der Waals surface area contributed by atoms with Crippen LogP contribution in [0.1, 0.15) is 206 Å². The molecule has 0 bridgehead atoms. The molecular formula is C44H82NO10P. The van der Waals surface area contributed by atoms with E-state index in [-0.39, 0.29) is 12.8 Å². The largest absolute Gasteiger partial charge is 0.480 e. The highest BCUT2D eigenvalue weighted by Crippen LogP contribution is 2.43. The number of aliphatic carboxylic acids is 1. The van der Waals surface area contributed by atoms with Crippen LogP contribution in [0.15, 0.2) is 24.3 Å². The Hall–Kier alpha value is -2.04. The van der Waals surface area contributed by atoms with Crippen LogP contribution in [0.4, 0.5) is 0 Å². The van der Waals surface area contributed by atoms with Crippen molar-refractivity contribution in [2.75, 3.05) is 19.8 Å². The second-order valence-electron chi connectivity index (χ2n) is 15.2. The van der Waals surface area contributed by atoms with Gasteiger partial charge in [-0.3, -0.25) is 18.6 Å². The first-order valence-corrected chi connectivity index (χ1v) is 23.9. The summed E-state index contributed by atoms with van der Waals surface area (Å²) in [4.78, 5) is 45.9. The van der Waals surface area contributed by atoms with Gasteiger partial charge in [-0.05, 0) is 64.2 Å². The average Bonchev–Trinajstić information content (AvgIpc) is 3.17. The molecule has 0 spiro atoms. The number of phosphoric ester groups is 1. The number of aliphatic hydroxyl groups excluding tert-OH is 1. The topological polar surface area (TPSA) is 169 Å². The molecule has 0 aromatic heterocycles. The lowest BCUT2D eigenvalue weighted by atomic mass is 10.1. The minimum atomic E-state index is -4.76. The van der Waals surface area contributed by atoms with Crippen molar-refractivity contribution in [3.05, 3.63) is 24.3 Å². The first kappa shape index (κ1) is 54.0. The quantitative estimate of drug-likeness (QED) is 0.0201. The Labute approximate surface area is 340 Å². The van der Waals surface area contributed by atoms with Crippen LogP contribution in [0.3, 0.4) is 0 Å². The molecule has 0 rings (SSSR count). The summed E-state index contributed by atoms with van der Waals surface area (Å²) >= 11 is 0. The van der Waals surface area contributed by atoms with E-state index in [1.165, 1.54) is 103 Å². The highest BCUT2D eigenvalue weighted by atomic mass is 31.2. The van der Waals surface area contributed by atoms with Crippen LogP contribution in [-0.4, -0.2) is 64.9 Å². The summed E-state index contributed by atoms with van der Waals surface area (Å²) < 4.78 is 26.8. The van der Waals surface area contributed by atoms with Gasteiger partial charge in [0.1, 0.15) is 12.7 Å². The van der Waals surface area contributed by atoms with Crippen molar-refractivity contribution < 1.29 is 47.8 Å². The van der Waals surface area contributed by atoms with Gasteiger partial charge in [-0.15, -0.1) is 0 Å². The van der Waals surface area contributed by atoms with E-state index in [1.54, 1.807) is 0 Å². The monoisotopic (exact) mass is 816 g/mol. The summed E-state index contributed by atoms with van der Waals surface area (Å²) in [7, 11) is -4.76. The third kappa shape index (κ3) is 38.8. The number of amides is 1. The fraction of sp³-hybridized carbons (Fsp3) is 0.841. The van der Waals surface area contributed by atoms with Crippen molar-refractivity contribution in [1.82, 2.24) is 5.32 Å². The lowest BCUT2D eigenvalue weighted by Crippen LogP contribution is -2.43. The third-order valence-corrected chi connectivity index (χ3v) is 10.7. The fourth-order valence-corrected chi connectivity index (χ4v) is 6.96. The molecule has 0 heterocycles. The molecule has 3 unspecified atom stereocenters. The number of rotatable bonds is 42. The van der Waals surface area contributed by atoms with E-state index in [4.69, 9.17) is 13.8 Å². The van der Waals surface area contributed by atoms with E-state index >= 15 is 0 Å². The molecule has 12 heteroatoms. The third-order valence-electron chi connectivity index (χ3n) is 9.71. The number of carboxylic acids is 1. The first-order chi connectivity index (χ1) is 27.1. The van der Waals surface area contributed by atoms with Crippen molar-refractivity contribution >= 4 is 25.7 Å². The van der Waals surface area contributed by atoms with Crippen molar-refractivity contribution in [3.63, 3.8) is 0 Å². The molecule has 0 saturated heterocycles. The minimum Gasteiger partial charge on any atom is -0.480 e. The smallest absolute Gasteiger partial charge is 0.472 e. The summed E-state index contributed by atoms with van der Waals surface area (Å²) in [6, 6.07) is -1.55. The maximum absolute atomic E-state index is 12.3. The number of hydrogen-bond acceptors (Lipinski definition) is 8. The lowest BCUT2D eigenvalue weighted by molar-refractivity contribution is -0.147. The van der Waals surface area contributed by atoms with Gasteiger partial charge in [-0.2, -0.15) is 0 Å². The van der Waals surface area contributed by atoms with E-state index in [0.717, 1.165) is 64.2 Å².